The summed E-state index contributed by atoms with van der Waals surface area (Å²) in [5, 5.41) is -0.133. The summed E-state index contributed by atoms with van der Waals surface area (Å²) in [6.45, 7) is 7.76. The summed E-state index contributed by atoms with van der Waals surface area (Å²) in [5.74, 6) is -0.538. The fourth-order valence-corrected chi connectivity index (χ4v) is 2.16. The molecule has 1 saturated heterocycles. The zero-order valence-electron chi connectivity index (χ0n) is 12.4. The van der Waals surface area contributed by atoms with E-state index in [0.29, 0.717) is 31.9 Å². The largest absolute Gasteiger partial charge is 0.444 e. The Bertz CT molecular complexity index is 525. The third-order valence-electron chi connectivity index (χ3n) is 3.08. The van der Waals surface area contributed by atoms with E-state index in [0.717, 1.165) is 0 Å². The van der Waals surface area contributed by atoms with Crippen LogP contribution in [0, 0.1) is 5.82 Å². The molecule has 5 nitrogen and oxygen atoms in total. The number of pyridine rings is 1. The number of nitrogens with zero attached hydrogens (tertiary/aromatic N) is 3. The molecule has 116 valence electrons. The minimum absolute atomic E-state index is 0.133. The quantitative estimate of drug-likeness (QED) is 0.748. The Labute approximate surface area is 128 Å². The lowest BCUT2D eigenvalue weighted by atomic mass is 10.2. The van der Waals surface area contributed by atoms with Gasteiger partial charge in [-0.3, -0.25) is 0 Å². The highest BCUT2D eigenvalue weighted by Gasteiger charge is 2.26. The average molecular weight is 316 g/mol. The van der Waals surface area contributed by atoms with Crippen LogP contribution >= 0.6 is 11.6 Å². The Morgan fingerprint density at radius 2 is 1.95 bits per heavy atom. The molecule has 1 aliphatic heterocycles. The van der Waals surface area contributed by atoms with E-state index in [2.05, 4.69) is 4.98 Å². The maximum atomic E-state index is 13.4. The Balaban J connectivity index is 1.94. The lowest BCUT2D eigenvalue weighted by Gasteiger charge is -2.36. The van der Waals surface area contributed by atoms with E-state index in [1.807, 2.05) is 25.7 Å². The van der Waals surface area contributed by atoms with Crippen molar-refractivity contribution in [3.8, 4) is 0 Å². The van der Waals surface area contributed by atoms with Crippen molar-refractivity contribution in [2.45, 2.75) is 26.4 Å². The van der Waals surface area contributed by atoms with Crippen molar-refractivity contribution in [1.82, 2.24) is 9.88 Å². The van der Waals surface area contributed by atoms with Gasteiger partial charge in [0.1, 0.15) is 5.60 Å². The zero-order chi connectivity index (χ0) is 15.6. The second kappa shape index (κ2) is 6.05. The number of ether oxygens (including phenoxy) is 1. The van der Waals surface area contributed by atoms with Gasteiger partial charge >= 0.3 is 6.09 Å². The van der Waals surface area contributed by atoms with Crippen LogP contribution in [0.5, 0.6) is 0 Å². The van der Waals surface area contributed by atoms with Crippen LogP contribution in [0.3, 0.4) is 0 Å². The van der Waals surface area contributed by atoms with Crippen molar-refractivity contribution >= 4 is 23.4 Å². The van der Waals surface area contributed by atoms with Crippen molar-refractivity contribution in [3.05, 3.63) is 23.2 Å². The van der Waals surface area contributed by atoms with Crippen LogP contribution < -0.4 is 4.90 Å². The van der Waals surface area contributed by atoms with Crippen LogP contribution in [-0.2, 0) is 4.74 Å². The first-order chi connectivity index (χ1) is 9.76. The smallest absolute Gasteiger partial charge is 0.410 e. The number of hydrogen-bond acceptors (Lipinski definition) is 4. The second-order valence-corrected chi connectivity index (χ2v) is 6.28. The number of amides is 1. The SMILES string of the molecule is CC(C)(C)OC(=O)N1CCN(c2cnc(Cl)c(F)c2)CC1. The van der Waals surface area contributed by atoms with Gasteiger partial charge in [0.2, 0.25) is 0 Å². The molecule has 0 unspecified atom stereocenters. The van der Waals surface area contributed by atoms with Gasteiger partial charge in [0, 0.05) is 32.2 Å². The number of rotatable bonds is 1. The molecule has 0 bridgehead atoms. The number of carbonyl (C=O) groups is 1. The predicted molar refractivity (Wildman–Crippen MR) is 79.2 cm³/mol. The van der Waals surface area contributed by atoms with Crippen LogP contribution in [0.1, 0.15) is 20.8 Å². The Morgan fingerprint density at radius 1 is 1.33 bits per heavy atom. The van der Waals surface area contributed by atoms with Crippen molar-refractivity contribution in [3.63, 3.8) is 0 Å². The van der Waals surface area contributed by atoms with Gasteiger partial charge in [-0.15, -0.1) is 0 Å². The van der Waals surface area contributed by atoms with Gasteiger partial charge in [-0.05, 0) is 20.8 Å². The molecular formula is C14H19ClFN3O2. The number of anilines is 1. The summed E-state index contributed by atoms with van der Waals surface area (Å²) in [7, 11) is 0. The second-order valence-electron chi connectivity index (χ2n) is 5.92. The van der Waals surface area contributed by atoms with E-state index in [9.17, 15) is 9.18 Å². The summed E-state index contributed by atoms with van der Waals surface area (Å²) in [6.07, 6.45) is 1.22. The molecule has 1 aromatic rings. The van der Waals surface area contributed by atoms with Gasteiger partial charge in [-0.1, -0.05) is 11.6 Å². The van der Waals surface area contributed by atoms with Crippen LogP contribution in [0.2, 0.25) is 5.15 Å². The maximum Gasteiger partial charge on any atom is 0.410 e. The molecule has 0 N–H and O–H groups in total. The number of piperazine rings is 1. The van der Waals surface area contributed by atoms with E-state index >= 15 is 0 Å². The van der Waals surface area contributed by atoms with E-state index in [1.165, 1.54) is 12.3 Å². The molecule has 0 radical (unpaired) electrons. The molecule has 1 aliphatic rings. The Hall–Kier alpha value is -1.56. The fraction of sp³-hybridized carbons (Fsp3) is 0.571. The lowest BCUT2D eigenvalue weighted by Crippen LogP contribution is -2.50. The average Bonchev–Trinajstić information content (AvgIpc) is 2.40. The summed E-state index contributed by atoms with van der Waals surface area (Å²) in [5.41, 5.74) is 0.165. The standard InChI is InChI=1S/C14H19ClFN3O2/c1-14(2,3)21-13(20)19-6-4-18(5-7-19)10-8-11(16)12(15)17-9-10/h8-9H,4-7H2,1-3H3. The van der Waals surface area contributed by atoms with Crippen molar-refractivity contribution in [2.24, 2.45) is 0 Å². The molecule has 1 amide bonds. The van der Waals surface area contributed by atoms with Gasteiger partial charge in [0.05, 0.1) is 11.9 Å². The first kappa shape index (κ1) is 15.8. The van der Waals surface area contributed by atoms with Crippen LogP contribution in [0.15, 0.2) is 12.3 Å². The van der Waals surface area contributed by atoms with Crippen LogP contribution in [0.4, 0.5) is 14.9 Å². The van der Waals surface area contributed by atoms with Gasteiger partial charge < -0.3 is 14.5 Å². The first-order valence-corrected chi connectivity index (χ1v) is 7.18. The highest BCUT2D eigenvalue weighted by atomic mass is 35.5. The molecular weight excluding hydrogens is 297 g/mol. The van der Waals surface area contributed by atoms with E-state index in [4.69, 9.17) is 16.3 Å². The highest BCUT2D eigenvalue weighted by molar-refractivity contribution is 6.29. The van der Waals surface area contributed by atoms with E-state index in [1.54, 1.807) is 4.90 Å². The predicted octanol–water partition coefficient (Wildman–Crippen LogP) is 2.93. The van der Waals surface area contributed by atoms with Crippen molar-refractivity contribution in [2.75, 3.05) is 31.1 Å². The molecule has 2 rings (SSSR count). The zero-order valence-corrected chi connectivity index (χ0v) is 13.2. The topological polar surface area (TPSA) is 45.7 Å². The maximum absolute atomic E-state index is 13.4. The molecule has 0 aromatic carbocycles. The van der Waals surface area contributed by atoms with Gasteiger partial charge in [-0.2, -0.15) is 0 Å². The molecule has 0 atom stereocenters. The molecule has 2 heterocycles. The van der Waals surface area contributed by atoms with Gasteiger partial charge in [0.15, 0.2) is 11.0 Å². The van der Waals surface area contributed by atoms with Crippen LogP contribution in [0.25, 0.3) is 0 Å². The number of carbonyl (C=O) groups excluding carboxylic acids is 1. The van der Waals surface area contributed by atoms with E-state index < -0.39 is 11.4 Å². The monoisotopic (exact) mass is 315 g/mol. The van der Waals surface area contributed by atoms with Gasteiger partial charge in [-0.25, -0.2) is 14.2 Å². The molecule has 21 heavy (non-hydrogen) atoms. The number of hydrogen-bond donors (Lipinski definition) is 0. The van der Waals surface area contributed by atoms with Gasteiger partial charge in [0.25, 0.3) is 0 Å². The van der Waals surface area contributed by atoms with Crippen molar-refractivity contribution in [1.29, 1.82) is 0 Å². The minimum atomic E-state index is -0.538. The normalized spacial score (nSPS) is 16.0. The minimum Gasteiger partial charge on any atom is -0.444 e. The molecule has 0 aliphatic carbocycles. The fourth-order valence-electron chi connectivity index (χ4n) is 2.06. The summed E-state index contributed by atoms with van der Waals surface area (Å²) >= 11 is 5.57. The molecule has 1 aromatic heterocycles. The molecule has 0 saturated carbocycles. The summed E-state index contributed by atoms with van der Waals surface area (Å²) in [6, 6.07) is 1.36. The van der Waals surface area contributed by atoms with Crippen molar-refractivity contribution < 1.29 is 13.9 Å². The van der Waals surface area contributed by atoms with E-state index in [-0.39, 0.29) is 11.2 Å². The summed E-state index contributed by atoms with van der Waals surface area (Å²) in [4.78, 5) is 19.4. The Kier molecular flexibility index (Phi) is 4.56. The number of halogens is 2. The molecule has 7 heteroatoms. The summed E-state index contributed by atoms with van der Waals surface area (Å²) < 4.78 is 18.8. The Morgan fingerprint density at radius 3 is 2.48 bits per heavy atom. The molecule has 0 spiro atoms. The lowest BCUT2D eigenvalue weighted by molar-refractivity contribution is 0.0240. The highest BCUT2D eigenvalue weighted by Crippen LogP contribution is 2.21. The third kappa shape index (κ3) is 4.20. The molecule has 1 fully saturated rings. The van der Waals surface area contributed by atoms with Crippen LogP contribution in [-0.4, -0.2) is 47.8 Å². The third-order valence-corrected chi connectivity index (χ3v) is 3.36. The number of aromatic nitrogens is 1. The first-order valence-electron chi connectivity index (χ1n) is 6.80.